The number of halogens is 1. The van der Waals surface area contributed by atoms with Crippen LogP contribution in [0.1, 0.15) is 32.3 Å². The molecule has 0 aliphatic rings. The van der Waals surface area contributed by atoms with Gasteiger partial charge in [-0.1, -0.05) is 25.4 Å². The second kappa shape index (κ2) is 7.49. The monoisotopic (exact) mass is 270 g/mol. The fraction of sp³-hybridized carbons (Fsp3) is 0.571. The van der Waals surface area contributed by atoms with Gasteiger partial charge in [0.25, 0.3) is 0 Å². The SMILES string of the molecule is CCCN(CCC)c1c(Cl)ccc(OC)c1CN. The van der Waals surface area contributed by atoms with E-state index in [4.69, 9.17) is 22.1 Å². The Kier molecular flexibility index (Phi) is 6.30. The lowest BCUT2D eigenvalue weighted by Gasteiger charge is -2.28. The van der Waals surface area contributed by atoms with Crippen LogP contribution < -0.4 is 15.4 Å². The van der Waals surface area contributed by atoms with Gasteiger partial charge in [-0.05, 0) is 25.0 Å². The lowest BCUT2D eigenvalue weighted by molar-refractivity contribution is 0.410. The molecule has 0 heterocycles. The Balaban J connectivity index is 3.24. The number of hydrogen-bond donors (Lipinski definition) is 1. The lowest BCUT2D eigenvalue weighted by Crippen LogP contribution is -2.27. The van der Waals surface area contributed by atoms with Gasteiger partial charge in [0.2, 0.25) is 0 Å². The largest absolute Gasteiger partial charge is 0.496 e. The van der Waals surface area contributed by atoms with E-state index in [1.165, 1.54) is 0 Å². The molecule has 1 rings (SSSR count). The van der Waals surface area contributed by atoms with Crippen LogP contribution in [0, 0.1) is 0 Å². The van der Waals surface area contributed by atoms with Crippen molar-refractivity contribution in [1.82, 2.24) is 0 Å². The lowest BCUT2D eigenvalue weighted by atomic mass is 10.1. The smallest absolute Gasteiger partial charge is 0.125 e. The predicted molar refractivity (Wildman–Crippen MR) is 78.7 cm³/mol. The Bertz CT molecular complexity index is 376. The van der Waals surface area contributed by atoms with Crippen LogP contribution >= 0.6 is 11.6 Å². The zero-order chi connectivity index (χ0) is 13.5. The highest BCUT2D eigenvalue weighted by molar-refractivity contribution is 6.33. The summed E-state index contributed by atoms with van der Waals surface area (Å²) >= 11 is 6.35. The van der Waals surface area contributed by atoms with Crippen molar-refractivity contribution >= 4 is 17.3 Å². The molecule has 0 saturated heterocycles. The fourth-order valence-corrected chi connectivity index (χ4v) is 2.49. The topological polar surface area (TPSA) is 38.5 Å². The van der Waals surface area contributed by atoms with Crippen molar-refractivity contribution in [3.63, 3.8) is 0 Å². The Morgan fingerprint density at radius 2 is 1.83 bits per heavy atom. The highest BCUT2D eigenvalue weighted by atomic mass is 35.5. The van der Waals surface area contributed by atoms with Gasteiger partial charge in [-0.25, -0.2) is 0 Å². The van der Waals surface area contributed by atoms with E-state index < -0.39 is 0 Å². The molecule has 0 unspecified atom stereocenters. The first-order chi connectivity index (χ1) is 8.69. The van der Waals surface area contributed by atoms with E-state index >= 15 is 0 Å². The van der Waals surface area contributed by atoms with E-state index in [1.807, 2.05) is 12.1 Å². The summed E-state index contributed by atoms with van der Waals surface area (Å²) in [7, 11) is 1.66. The molecule has 102 valence electrons. The first-order valence-corrected chi connectivity index (χ1v) is 6.87. The van der Waals surface area contributed by atoms with Crippen LogP contribution in [0.2, 0.25) is 5.02 Å². The van der Waals surface area contributed by atoms with Crippen LogP contribution in [0.25, 0.3) is 0 Å². The number of ether oxygens (including phenoxy) is 1. The van der Waals surface area contributed by atoms with Crippen molar-refractivity contribution in [3.8, 4) is 5.75 Å². The summed E-state index contributed by atoms with van der Waals surface area (Å²) in [5.74, 6) is 0.814. The van der Waals surface area contributed by atoms with Crippen LogP contribution in [-0.4, -0.2) is 20.2 Å². The van der Waals surface area contributed by atoms with Crippen LogP contribution in [0.5, 0.6) is 5.75 Å². The van der Waals surface area contributed by atoms with Crippen LogP contribution in [0.15, 0.2) is 12.1 Å². The highest BCUT2D eigenvalue weighted by Gasteiger charge is 2.17. The van der Waals surface area contributed by atoms with E-state index in [1.54, 1.807) is 7.11 Å². The van der Waals surface area contributed by atoms with E-state index in [0.29, 0.717) is 6.54 Å². The van der Waals surface area contributed by atoms with Crippen molar-refractivity contribution in [2.45, 2.75) is 33.2 Å². The third-order valence-electron chi connectivity index (χ3n) is 2.92. The number of methoxy groups -OCH3 is 1. The minimum atomic E-state index is 0.434. The predicted octanol–water partition coefficient (Wildman–Crippen LogP) is 3.43. The molecule has 0 spiro atoms. The summed E-state index contributed by atoms with van der Waals surface area (Å²) in [6, 6.07) is 3.76. The van der Waals surface area contributed by atoms with Crippen molar-refractivity contribution in [3.05, 3.63) is 22.7 Å². The summed E-state index contributed by atoms with van der Waals surface area (Å²) in [6.07, 6.45) is 2.16. The molecular formula is C14H23ClN2O. The summed E-state index contributed by atoms with van der Waals surface area (Å²) in [5, 5.41) is 0.748. The molecule has 1 aromatic rings. The molecule has 0 aromatic heterocycles. The molecular weight excluding hydrogens is 248 g/mol. The quantitative estimate of drug-likeness (QED) is 0.825. The zero-order valence-corrected chi connectivity index (χ0v) is 12.3. The maximum absolute atomic E-state index is 6.35. The molecule has 4 heteroatoms. The van der Waals surface area contributed by atoms with Crippen molar-refractivity contribution < 1.29 is 4.74 Å². The van der Waals surface area contributed by atoms with Crippen molar-refractivity contribution in [2.24, 2.45) is 5.73 Å². The number of nitrogens with two attached hydrogens (primary N) is 1. The van der Waals surface area contributed by atoms with E-state index in [0.717, 1.165) is 48.0 Å². The van der Waals surface area contributed by atoms with Crippen molar-refractivity contribution in [2.75, 3.05) is 25.1 Å². The molecule has 2 N–H and O–H groups in total. The van der Waals surface area contributed by atoms with Crippen LogP contribution in [-0.2, 0) is 6.54 Å². The Morgan fingerprint density at radius 1 is 1.22 bits per heavy atom. The second-order valence-electron chi connectivity index (χ2n) is 4.27. The maximum atomic E-state index is 6.35. The van der Waals surface area contributed by atoms with Gasteiger partial charge >= 0.3 is 0 Å². The van der Waals surface area contributed by atoms with Gasteiger partial charge in [0.1, 0.15) is 5.75 Å². The van der Waals surface area contributed by atoms with Gasteiger partial charge in [0.05, 0.1) is 17.8 Å². The summed E-state index contributed by atoms with van der Waals surface area (Å²) in [4.78, 5) is 2.30. The molecule has 0 amide bonds. The van der Waals surface area contributed by atoms with Gasteiger partial charge in [0.15, 0.2) is 0 Å². The van der Waals surface area contributed by atoms with Gasteiger partial charge < -0.3 is 15.4 Å². The van der Waals surface area contributed by atoms with Crippen LogP contribution in [0.4, 0.5) is 5.69 Å². The minimum Gasteiger partial charge on any atom is -0.496 e. The molecule has 0 radical (unpaired) electrons. The standard InChI is InChI=1S/C14H23ClN2O/c1-4-8-17(9-5-2)14-11(10-16)13(18-3)7-6-12(14)15/h6-7H,4-5,8-10,16H2,1-3H3. The van der Waals surface area contributed by atoms with Gasteiger partial charge in [0, 0.05) is 25.2 Å². The number of benzene rings is 1. The van der Waals surface area contributed by atoms with Gasteiger partial charge in [-0.15, -0.1) is 0 Å². The molecule has 0 aliphatic carbocycles. The van der Waals surface area contributed by atoms with E-state index in [-0.39, 0.29) is 0 Å². The third kappa shape index (κ3) is 3.30. The highest BCUT2D eigenvalue weighted by Crippen LogP contribution is 2.36. The number of hydrogen-bond acceptors (Lipinski definition) is 3. The number of rotatable bonds is 7. The van der Waals surface area contributed by atoms with E-state index in [2.05, 4.69) is 18.7 Å². The first kappa shape index (κ1) is 15.1. The summed E-state index contributed by atoms with van der Waals surface area (Å²) in [6.45, 7) is 6.72. The first-order valence-electron chi connectivity index (χ1n) is 6.49. The Morgan fingerprint density at radius 3 is 2.28 bits per heavy atom. The summed E-state index contributed by atoms with van der Waals surface area (Å²) < 4.78 is 5.37. The Labute approximate surface area is 115 Å². The van der Waals surface area contributed by atoms with E-state index in [9.17, 15) is 0 Å². The second-order valence-corrected chi connectivity index (χ2v) is 4.68. The molecule has 0 atom stereocenters. The molecule has 0 aliphatic heterocycles. The van der Waals surface area contributed by atoms with Gasteiger partial charge in [-0.2, -0.15) is 0 Å². The molecule has 3 nitrogen and oxygen atoms in total. The Hall–Kier alpha value is -0.930. The van der Waals surface area contributed by atoms with Crippen LogP contribution in [0.3, 0.4) is 0 Å². The average Bonchev–Trinajstić information content (AvgIpc) is 2.38. The average molecular weight is 271 g/mol. The normalized spacial score (nSPS) is 10.5. The third-order valence-corrected chi connectivity index (χ3v) is 3.22. The molecule has 18 heavy (non-hydrogen) atoms. The zero-order valence-electron chi connectivity index (χ0n) is 11.5. The maximum Gasteiger partial charge on any atom is 0.125 e. The molecule has 0 fully saturated rings. The van der Waals surface area contributed by atoms with Gasteiger partial charge in [-0.3, -0.25) is 0 Å². The number of nitrogens with zero attached hydrogens (tertiary/aromatic N) is 1. The number of anilines is 1. The fourth-order valence-electron chi connectivity index (χ4n) is 2.19. The molecule has 0 saturated carbocycles. The minimum absolute atomic E-state index is 0.434. The van der Waals surface area contributed by atoms with Crippen molar-refractivity contribution in [1.29, 1.82) is 0 Å². The molecule has 1 aromatic carbocycles. The summed E-state index contributed by atoms with van der Waals surface area (Å²) in [5.41, 5.74) is 7.88. The molecule has 0 bridgehead atoms.